The Hall–Kier alpha value is -2.30. The molecule has 0 aliphatic rings. The SMILES string of the molecule is Cn1ncc(N)c1C(=O)Nc1ccc(C(C)(C)C)cc1. The molecule has 0 spiro atoms. The van der Waals surface area contributed by atoms with Gasteiger partial charge in [-0.15, -0.1) is 0 Å². The van der Waals surface area contributed by atoms with Crippen LogP contribution in [0.2, 0.25) is 0 Å². The molecule has 0 aliphatic heterocycles. The van der Waals surface area contributed by atoms with Gasteiger partial charge in [0.1, 0.15) is 5.69 Å². The van der Waals surface area contributed by atoms with Crippen LogP contribution >= 0.6 is 0 Å². The third-order valence-corrected chi connectivity index (χ3v) is 3.19. The van der Waals surface area contributed by atoms with Crippen LogP contribution in [0.3, 0.4) is 0 Å². The molecule has 0 unspecified atom stereocenters. The van der Waals surface area contributed by atoms with E-state index >= 15 is 0 Å². The number of hydrogen-bond donors (Lipinski definition) is 2. The van der Waals surface area contributed by atoms with E-state index in [2.05, 4.69) is 31.2 Å². The zero-order chi connectivity index (χ0) is 14.9. The molecule has 0 saturated heterocycles. The van der Waals surface area contributed by atoms with Crippen molar-refractivity contribution < 1.29 is 4.79 Å². The van der Waals surface area contributed by atoms with Crippen molar-refractivity contribution in [2.24, 2.45) is 7.05 Å². The van der Waals surface area contributed by atoms with E-state index in [1.165, 1.54) is 16.4 Å². The molecule has 3 N–H and O–H groups in total. The van der Waals surface area contributed by atoms with Gasteiger partial charge in [-0.25, -0.2) is 0 Å². The minimum atomic E-state index is -0.258. The number of nitrogen functional groups attached to an aromatic ring is 1. The van der Waals surface area contributed by atoms with Crippen LogP contribution in [-0.4, -0.2) is 15.7 Å². The molecule has 0 atom stereocenters. The summed E-state index contributed by atoms with van der Waals surface area (Å²) in [4.78, 5) is 12.1. The highest BCUT2D eigenvalue weighted by Gasteiger charge is 2.16. The van der Waals surface area contributed by atoms with Crippen molar-refractivity contribution in [3.05, 3.63) is 41.7 Å². The summed E-state index contributed by atoms with van der Waals surface area (Å²) < 4.78 is 1.47. The lowest BCUT2D eigenvalue weighted by atomic mass is 9.87. The average Bonchev–Trinajstić information content (AvgIpc) is 2.68. The number of benzene rings is 1. The summed E-state index contributed by atoms with van der Waals surface area (Å²) in [6, 6.07) is 7.82. The number of carbonyl (C=O) groups excluding carboxylic acids is 1. The Morgan fingerprint density at radius 3 is 2.30 bits per heavy atom. The molecule has 2 aromatic rings. The van der Waals surface area contributed by atoms with Gasteiger partial charge in [0.2, 0.25) is 0 Å². The largest absolute Gasteiger partial charge is 0.396 e. The fraction of sp³-hybridized carbons (Fsp3) is 0.333. The van der Waals surface area contributed by atoms with E-state index in [1.54, 1.807) is 7.05 Å². The Kier molecular flexibility index (Phi) is 3.53. The number of anilines is 2. The standard InChI is InChI=1S/C15H20N4O/c1-15(2,3)10-5-7-11(8-6-10)18-14(20)13-12(16)9-17-19(13)4/h5-9H,16H2,1-4H3,(H,18,20). The molecule has 1 aromatic heterocycles. The minimum absolute atomic E-state index is 0.0923. The van der Waals surface area contributed by atoms with Crippen LogP contribution in [0.25, 0.3) is 0 Å². The number of nitrogens with zero attached hydrogens (tertiary/aromatic N) is 2. The predicted octanol–water partition coefficient (Wildman–Crippen LogP) is 2.55. The van der Waals surface area contributed by atoms with Crippen molar-refractivity contribution in [2.45, 2.75) is 26.2 Å². The first kappa shape index (κ1) is 14.1. The predicted molar refractivity (Wildman–Crippen MR) is 80.7 cm³/mol. The van der Waals surface area contributed by atoms with Gasteiger partial charge < -0.3 is 11.1 Å². The summed E-state index contributed by atoms with van der Waals surface area (Å²) in [5.74, 6) is -0.258. The van der Waals surface area contributed by atoms with Gasteiger partial charge in [0.25, 0.3) is 5.91 Å². The van der Waals surface area contributed by atoms with Gasteiger partial charge in [-0.1, -0.05) is 32.9 Å². The van der Waals surface area contributed by atoms with E-state index in [1.807, 2.05) is 24.3 Å². The summed E-state index contributed by atoms with van der Waals surface area (Å²) in [6.45, 7) is 6.45. The lowest BCUT2D eigenvalue weighted by Gasteiger charge is -2.19. The fourth-order valence-corrected chi connectivity index (χ4v) is 1.98. The number of nitrogens with one attached hydrogen (secondary N) is 1. The number of hydrogen-bond acceptors (Lipinski definition) is 3. The zero-order valence-electron chi connectivity index (χ0n) is 12.3. The Morgan fingerprint density at radius 1 is 1.25 bits per heavy atom. The van der Waals surface area contributed by atoms with Crippen LogP contribution in [0.5, 0.6) is 0 Å². The molecule has 2 rings (SSSR count). The normalized spacial score (nSPS) is 11.4. The molecular weight excluding hydrogens is 252 g/mol. The lowest BCUT2D eigenvalue weighted by Crippen LogP contribution is -2.18. The molecule has 5 nitrogen and oxygen atoms in total. The van der Waals surface area contributed by atoms with Gasteiger partial charge in [0, 0.05) is 12.7 Å². The van der Waals surface area contributed by atoms with Crippen LogP contribution in [0, 0.1) is 0 Å². The third-order valence-electron chi connectivity index (χ3n) is 3.19. The molecular formula is C15H20N4O. The van der Waals surface area contributed by atoms with Crippen LogP contribution in [0.1, 0.15) is 36.8 Å². The summed E-state index contributed by atoms with van der Waals surface area (Å²) in [7, 11) is 1.69. The first-order chi connectivity index (χ1) is 9.29. The second-order valence-electron chi connectivity index (χ2n) is 5.85. The van der Waals surface area contributed by atoms with Gasteiger partial charge in [-0.2, -0.15) is 5.10 Å². The zero-order valence-corrected chi connectivity index (χ0v) is 12.3. The van der Waals surface area contributed by atoms with Gasteiger partial charge >= 0.3 is 0 Å². The van der Waals surface area contributed by atoms with E-state index in [4.69, 9.17) is 5.73 Å². The molecule has 0 saturated carbocycles. The molecule has 1 heterocycles. The molecule has 1 aromatic carbocycles. The minimum Gasteiger partial charge on any atom is -0.396 e. The Bertz CT molecular complexity index is 601. The van der Waals surface area contributed by atoms with E-state index < -0.39 is 0 Å². The smallest absolute Gasteiger partial charge is 0.276 e. The lowest BCUT2D eigenvalue weighted by molar-refractivity contribution is 0.101. The van der Waals surface area contributed by atoms with Crippen molar-refractivity contribution in [3.63, 3.8) is 0 Å². The number of amides is 1. The van der Waals surface area contributed by atoms with Crippen molar-refractivity contribution in [1.82, 2.24) is 9.78 Å². The second kappa shape index (κ2) is 5.00. The number of carbonyl (C=O) groups is 1. The maximum Gasteiger partial charge on any atom is 0.276 e. The molecule has 0 fully saturated rings. The summed E-state index contributed by atoms with van der Waals surface area (Å²) in [5, 5.41) is 6.78. The summed E-state index contributed by atoms with van der Waals surface area (Å²) in [5.41, 5.74) is 8.52. The van der Waals surface area contributed by atoms with Crippen molar-refractivity contribution in [2.75, 3.05) is 11.1 Å². The monoisotopic (exact) mass is 272 g/mol. The topological polar surface area (TPSA) is 72.9 Å². The first-order valence-electron chi connectivity index (χ1n) is 6.48. The molecule has 0 aliphatic carbocycles. The molecule has 20 heavy (non-hydrogen) atoms. The molecule has 1 amide bonds. The maximum atomic E-state index is 12.1. The Labute approximate surface area is 118 Å². The van der Waals surface area contributed by atoms with Gasteiger partial charge in [-0.3, -0.25) is 9.48 Å². The highest BCUT2D eigenvalue weighted by atomic mass is 16.2. The molecule has 0 bridgehead atoms. The van der Waals surface area contributed by atoms with Crippen molar-refractivity contribution >= 4 is 17.3 Å². The van der Waals surface area contributed by atoms with E-state index in [9.17, 15) is 4.79 Å². The van der Waals surface area contributed by atoms with E-state index in [-0.39, 0.29) is 11.3 Å². The highest BCUT2D eigenvalue weighted by Crippen LogP contribution is 2.23. The summed E-state index contributed by atoms with van der Waals surface area (Å²) in [6.07, 6.45) is 1.47. The quantitative estimate of drug-likeness (QED) is 0.882. The van der Waals surface area contributed by atoms with Crippen molar-refractivity contribution in [3.8, 4) is 0 Å². The van der Waals surface area contributed by atoms with Crippen LogP contribution in [0.15, 0.2) is 30.5 Å². The molecule has 0 radical (unpaired) electrons. The fourth-order valence-electron chi connectivity index (χ4n) is 1.98. The van der Waals surface area contributed by atoms with Gasteiger partial charge in [0.15, 0.2) is 0 Å². The summed E-state index contributed by atoms with van der Waals surface area (Å²) >= 11 is 0. The number of rotatable bonds is 2. The average molecular weight is 272 g/mol. The highest BCUT2D eigenvalue weighted by molar-refractivity contribution is 6.06. The Morgan fingerprint density at radius 2 is 1.85 bits per heavy atom. The third kappa shape index (κ3) is 2.82. The Balaban J connectivity index is 2.17. The number of nitrogens with two attached hydrogens (primary N) is 1. The molecule has 5 heteroatoms. The van der Waals surface area contributed by atoms with Crippen molar-refractivity contribution in [1.29, 1.82) is 0 Å². The molecule has 106 valence electrons. The second-order valence-corrected chi connectivity index (χ2v) is 5.85. The first-order valence-corrected chi connectivity index (χ1v) is 6.48. The van der Waals surface area contributed by atoms with E-state index in [0.29, 0.717) is 11.4 Å². The maximum absolute atomic E-state index is 12.1. The van der Waals surface area contributed by atoms with Gasteiger partial charge in [-0.05, 0) is 23.1 Å². The van der Waals surface area contributed by atoms with Gasteiger partial charge in [0.05, 0.1) is 11.9 Å². The van der Waals surface area contributed by atoms with E-state index in [0.717, 1.165) is 5.69 Å². The van der Waals surface area contributed by atoms with Crippen LogP contribution < -0.4 is 11.1 Å². The number of aryl methyl sites for hydroxylation is 1. The number of aromatic nitrogens is 2. The van der Waals surface area contributed by atoms with Crippen LogP contribution in [0.4, 0.5) is 11.4 Å². The van der Waals surface area contributed by atoms with Crippen LogP contribution in [-0.2, 0) is 12.5 Å².